The Morgan fingerprint density at radius 1 is 0.500 bits per heavy atom. The zero-order valence-electron chi connectivity index (χ0n) is 12.1. The largest absolute Gasteiger partial charge is 0.0622 e. The average Bonchev–Trinajstić information content (AvgIpc) is 2.60. The Kier molecular flexibility index (Phi) is 3.11. The lowest BCUT2D eigenvalue weighted by molar-refractivity contribution is 1.64. The van der Waals surface area contributed by atoms with E-state index in [9.17, 15) is 0 Å². The minimum Gasteiger partial charge on any atom is -0.0622 e. The Morgan fingerprint density at radius 3 is 1.95 bits per heavy atom. The molecule has 102 valence electrons. The van der Waals surface area contributed by atoms with Gasteiger partial charge in [-0.05, 0) is 39.7 Å². The highest BCUT2D eigenvalue weighted by Gasteiger charge is 2.03. The van der Waals surface area contributed by atoms with Crippen LogP contribution in [0.25, 0.3) is 21.5 Å². The minimum absolute atomic E-state index is 1.04. The molecule has 0 aromatic heterocycles. The molecular weight excluding hydrogens is 264 g/mol. The second-order valence-corrected chi connectivity index (χ2v) is 5.31. The SMILES string of the molecule is C(#Cc1cc2ccccc2c2ccccc12)c1ccccc1. The molecule has 0 aliphatic rings. The van der Waals surface area contributed by atoms with Gasteiger partial charge in [-0.2, -0.15) is 0 Å². The number of benzene rings is 4. The topological polar surface area (TPSA) is 0 Å². The van der Waals surface area contributed by atoms with E-state index >= 15 is 0 Å². The average molecular weight is 278 g/mol. The third-order valence-corrected chi connectivity index (χ3v) is 3.88. The van der Waals surface area contributed by atoms with Crippen molar-refractivity contribution in [1.29, 1.82) is 0 Å². The molecule has 0 N–H and O–H groups in total. The lowest BCUT2D eigenvalue weighted by Crippen LogP contribution is -1.83. The Morgan fingerprint density at radius 2 is 1.14 bits per heavy atom. The first-order valence-corrected chi connectivity index (χ1v) is 7.39. The molecule has 4 rings (SSSR count). The third-order valence-electron chi connectivity index (χ3n) is 3.88. The van der Waals surface area contributed by atoms with Crippen LogP contribution in [0.1, 0.15) is 11.1 Å². The van der Waals surface area contributed by atoms with Crippen molar-refractivity contribution in [1.82, 2.24) is 0 Å². The minimum atomic E-state index is 1.04. The molecular formula is C22H14. The lowest BCUT2D eigenvalue weighted by atomic mass is 9.97. The van der Waals surface area contributed by atoms with Gasteiger partial charge in [-0.25, -0.2) is 0 Å². The van der Waals surface area contributed by atoms with Gasteiger partial charge in [0.25, 0.3) is 0 Å². The molecule has 0 heteroatoms. The summed E-state index contributed by atoms with van der Waals surface area (Å²) in [6.45, 7) is 0. The van der Waals surface area contributed by atoms with E-state index in [1.807, 2.05) is 30.3 Å². The summed E-state index contributed by atoms with van der Waals surface area (Å²) in [6.07, 6.45) is 0. The van der Waals surface area contributed by atoms with E-state index in [0.717, 1.165) is 11.1 Å². The molecule has 4 aromatic carbocycles. The zero-order chi connectivity index (χ0) is 14.8. The first-order chi connectivity index (χ1) is 10.9. The van der Waals surface area contributed by atoms with Gasteiger partial charge in [0.2, 0.25) is 0 Å². The summed E-state index contributed by atoms with van der Waals surface area (Å²) in [4.78, 5) is 0. The first kappa shape index (κ1) is 12.7. The summed E-state index contributed by atoms with van der Waals surface area (Å²) >= 11 is 0. The number of fused-ring (bicyclic) bond motifs is 3. The van der Waals surface area contributed by atoms with Gasteiger partial charge in [-0.3, -0.25) is 0 Å². The molecule has 0 fully saturated rings. The van der Waals surface area contributed by atoms with Crippen molar-refractivity contribution >= 4 is 21.5 Å². The highest BCUT2D eigenvalue weighted by atomic mass is 14.1. The van der Waals surface area contributed by atoms with Gasteiger partial charge >= 0.3 is 0 Å². The monoisotopic (exact) mass is 278 g/mol. The second-order valence-electron chi connectivity index (χ2n) is 5.31. The van der Waals surface area contributed by atoms with Crippen molar-refractivity contribution in [3.8, 4) is 11.8 Å². The maximum Gasteiger partial charge on any atom is 0.0333 e. The van der Waals surface area contributed by atoms with E-state index in [2.05, 4.69) is 66.4 Å². The Labute approximate surface area is 130 Å². The molecule has 0 atom stereocenters. The Hall–Kier alpha value is -3.04. The van der Waals surface area contributed by atoms with Crippen LogP contribution in [0.15, 0.2) is 84.9 Å². The van der Waals surface area contributed by atoms with Gasteiger partial charge in [0.1, 0.15) is 0 Å². The molecule has 0 aliphatic carbocycles. The van der Waals surface area contributed by atoms with E-state index in [0.29, 0.717) is 0 Å². The van der Waals surface area contributed by atoms with Gasteiger partial charge in [-0.15, -0.1) is 0 Å². The molecule has 0 spiro atoms. The smallest absolute Gasteiger partial charge is 0.0333 e. The fraction of sp³-hybridized carbons (Fsp3) is 0. The van der Waals surface area contributed by atoms with E-state index in [1.54, 1.807) is 0 Å². The predicted molar refractivity (Wildman–Crippen MR) is 93.9 cm³/mol. The fourth-order valence-corrected chi connectivity index (χ4v) is 2.82. The van der Waals surface area contributed by atoms with Crippen LogP contribution in [-0.4, -0.2) is 0 Å². The van der Waals surface area contributed by atoms with Crippen molar-refractivity contribution in [2.24, 2.45) is 0 Å². The Balaban J connectivity index is 1.99. The highest BCUT2D eigenvalue weighted by Crippen LogP contribution is 2.28. The molecule has 22 heavy (non-hydrogen) atoms. The van der Waals surface area contributed by atoms with Gasteiger partial charge in [0.15, 0.2) is 0 Å². The van der Waals surface area contributed by atoms with E-state index in [1.165, 1.54) is 21.5 Å². The molecule has 4 aromatic rings. The second kappa shape index (κ2) is 5.39. The summed E-state index contributed by atoms with van der Waals surface area (Å²) in [5.74, 6) is 6.61. The van der Waals surface area contributed by atoms with Crippen LogP contribution in [0.3, 0.4) is 0 Å². The summed E-state index contributed by atoms with van der Waals surface area (Å²) in [5, 5.41) is 4.99. The van der Waals surface area contributed by atoms with Gasteiger partial charge in [0.05, 0.1) is 0 Å². The number of rotatable bonds is 0. The van der Waals surface area contributed by atoms with Crippen LogP contribution in [-0.2, 0) is 0 Å². The normalized spacial score (nSPS) is 10.4. The maximum absolute atomic E-state index is 3.35. The third kappa shape index (κ3) is 2.24. The van der Waals surface area contributed by atoms with Crippen molar-refractivity contribution in [2.45, 2.75) is 0 Å². The van der Waals surface area contributed by atoms with Gasteiger partial charge in [-0.1, -0.05) is 78.6 Å². The van der Waals surface area contributed by atoms with Crippen LogP contribution in [0.5, 0.6) is 0 Å². The van der Waals surface area contributed by atoms with Crippen molar-refractivity contribution < 1.29 is 0 Å². The maximum atomic E-state index is 3.35. The molecule has 0 bridgehead atoms. The Bertz CT molecular complexity index is 1020. The van der Waals surface area contributed by atoms with Crippen LogP contribution in [0.4, 0.5) is 0 Å². The fourth-order valence-electron chi connectivity index (χ4n) is 2.82. The van der Waals surface area contributed by atoms with Gasteiger partial charge < -0.3 is 0 Å². The molecule has 0 unspecified atom stereocenters. The van der Waals surface area contributed by atoms with E-state index < -0.39 is 0 Å². The molecule has 0 radical (unpaired) electrons. The summed E-state index contributed by atoms with van der Waals surface area (Å²) in [6, 6.07) is 29.3. The van der Waals surface area contributed by atoms with Crippen molar-refractivity contribution in [3.05, 3.63) is 96.1 Å². The van der Waals surface area contributed by atoms with E-state index in [4.69, 9.17) is 0 Å². The highest BCUT2D eigenvalue weighted by molar-refractivity contribution is 6.09. The quantitative estimate of drug-likeness (QED) is 0.299. The van der Waals surface area contributed by atoms with Crippen LogP contribution < -0.4 is 0 Å². The summed E-state index contributed by atoms with van der Waals surface area (Å²) in [7, 11) is 0. The standard InChI is InChI=1S/C22H14/c1-2-8-17(9-3-1)14-15-19-16-18-10-4-5-11-20(18)22-13-7-6-12-21(19)22/h1-13,16H. The molecule has 0 amide bonds. The zero-order valence-corrected chi connectivity index (χ0v) is 12.1. The first-order valence-electron chi connectivity index (χ1n) is 7.39. The molecule has 0 aliphatic heterocycles. The summed E-state index contributed by atoms with van der Waals surface area (Å²) in [5.41, 5.74) is 2.12. The number of hydrogen-bond donors (Lipinski definition) is 0. The molecule has 0 heterocycles. The van der Waals surface area contributed by atoms with E-state index in [-0.39, 0.29) is 0 Å². The van der Waals surface area contributed by atoms with Crippen LogP contribution in [0, 0.1) is 11.8 Å². The van der Waals surface area contributed by atoms with Crippen molar-refractivity contribution in [3.63, 3.8) is 0 Å². The van der Waals surface area contributed by atoms with Crippen LogP contribution in [0.2, 0.25) is 0 Å². The molecule has 0 nitrogen and oxygen atoms in total. The molecule has 0 saturated carbocycles. The lowest BCUT2D eigenvalue weighted by Gasteiger charge is -2.06. The predicted octanol–water partition coefficient (Wildman–Crippen LogP) is 5.39. The number of hydrogen-bond acceptors (Lipinski definition) is 0. The molecule has 0 saturated heterocycles. The van der Waals surface area contributed by atoms with Crippen LogP contribution >= 0.6 is 0 Å². The van der Waals surface area contributed by atoms with Gasteiger partial charge in [0, 0.05) is 11.1 Å². The summed E-state index contributed by atoms with van der Waals surface area (Å²) < 4.78 is 0. The van der Waals surface area contributed by atoms with Crippen molar-refractivity contribution in [2.75, 3.05) is 0 Å².